The maximum atomic E-state index is 11.9. The van der Waals surface area contributed by atoms with Crippen molar-refractivity contribution in [3.63, 3.8) is 0 Å². The molecule has 1 N–H and O–H groups in total. The Kier molecular flexibility index (Phi) is 3.88. The average molecular weight is 233 g/mol. The number of carbonyl (C=O) groups is 2. The molecule has 1 aliphatic heterocycles. The van der Waals surface area contributed by atoms with Crippen LogP contribution in [0, 0.1) is 5.92 Å². The number of hydrogen-bond donors (Lipinski definition) is 1. The molecule has 0 saturated carbocycles. The molecule has 1 unspecified atom stereocenters. The molecule has 1 amide bonds. The largest absolute Gasteiger partial charge is 0.381 e. The van der Waals surface area contributed by atoms with E-state index in [0.717, 1.165) is 25.7 Å². The Morgan fingerprint density at radius 1 is 1.35 bits per heavy atom. The van der Waals surface area contributed by atoms with E-state index in [0.29, 0.717) is 17.9 Å². The van der Waals surface area contributed by atoms with Crippen LogP contribution in [0.3, 0.4) is 0 Å². The molecular formula is C13H15NO3. The average Bonchev–Trinajstić information content (AvgIpc) is 2.40. The predicted molar refractivity (Wildman–Crippen MR) is 64.0 cm³/mol. The summed E-state index contributed by atoms with van der Waals surface area (Å²) in [5.41, 5.74) is 1.31. The lowest BCUT2D eigenvalue weighted by Crippen LogP contribution is -2.30. The zero-order valence-corrected chi connectivity index (χ0v) is 9.52. The minimum absolute atomic E-state index is 0.0106. The summed E-state index contributed by atoms with van der Waals surface area (Å²) in [4.78, 5) is 22.3. The second-order valence-corrected chi connectivity index (χ2v) is 4.14. The Balaban J connectivity index is 1.94. The van der Waals surface area contributed by atoms with E-state index in [4.69, 9.17) is 4.74 Å². The molecule has 1 aromatic rings. The van der Waals surface area contributed by atoms with Gasteiger partial charge in [0.2, 0.25) is 5.91 Å². The van der Waals surface area contributed by atoms with Gasteiger partial charge in [0.05, 0.1) is 12.5 Å². The fraction of sp³-hybridized carbons (Fsp3) is 0.385. The third kappa shape index (κ3) is 3.14. The molecule has 1 aliphatic rings. The van der Waals surface area contributed by atoms with E-state index in [1.807, 2.05) is 0 Å². The molecule has 1 heterocycles. The third-order valence-electron chi connectivity index (χ3n) is 2.85. The highest BCUT2D eigenvalue weighted by Gasteiger charge is 2.21. The monoisotopic (exact) mass is 233 g/mol. The van der Waals surface area contributed by atoms with Gasteiger partial charge in [-0.25, -0.2) is 0 Å². The highest BCUT2D eigenvalue weighted by atomic mass is 16.5. The van der Waals surface area contributed by atoms with Gasteiger partial charge in [-0.2, -0.15) is 0 Å². The number of anilines is 1. The summed E-state index contributed by atoms with van der Waals surface area (Å²) < 4.78 is 5.27. The standard InChI is InChI=1S/C13H15NO3/c15-8-10-3-5-12(6-4-10)14-13(16)11-2-1-7-17-9-11/h3-6,8,11H,1-2,7,9H2,(H,14,16). The first kappa shape index (κ1) is 11.8. The Labute approximate surface area is 100.0 Å². The van der Waals surface area contributed by atoms with Gasteiger partial charge in [0, 0.05) is 17.9 Å². The Morgan fingerprint density at radius 2 is 2.12 bits per heavy atom. The van der Waals surface area contributed by atoms with Crippen LogP contribution < -0.4 is 5.32 Å². The van der Waals surface area contributed by atoms with Gasteiger partial charge >= 0.3 is 0 Å². The van der Waals surface area contributed by atoms with E-state index in [1.165, 1.54) is 0 Å². The molecule has 0 bridgehead atoms. The summed E-state index contributed by atoms with van der Waals surface area (Å²) in [5.74, 6) is -0.0712. The Morgan fingerprint density at radius 3 is 2.71 bits per heavy atom. The lowest BCUT2D eigenvalue weighted by Gasteiger charge is -2.21. The van der Waals surface area contributed by atoms with Crippen molar-refractivity contribution >= 4 is 17.9 Å². The van der Waals surface area contributed by atoms with Crippen LogP contribution in [0.25, 0.3) is 0 Å². The molecule has 17 heavy (non-hydrogen) atoms. The Hall–Kier alpha value is -1.68. The molecule has 2 rings (SSSR count). The van der Waals surface area contributed by atoms with Crippen LogP contribution in [0.15, 0.2) is 24.3 Å². The van der Waals surface area contributed by atoms with Gasteiger partial charge < -0.3 is 10.1 Å². The maximum Gasteiger partial charge on any atom is 0.229 e. The van der Waals surface area contributed by atoms with E-state index in [1.54, 1.807) is 24.3 Å². The first-order valence-electron chi connectivity index (χ1n) is 5.73. The van der Waals surface area contributed by atoms with Gasteiger partial charge in [0.15, 0.2) is 0 Å². The fourth-order valence-corrected chi connectivity index (χ4v) is 1.84. The van der Waals surface area contributed by atoms with Crippen LogP contribution in [-0.2, 0) is 9.53 Å². The van der Waals surface area contributed by atoms with E-state index >= 15 is 0 Å². The molecular weight excluding hydrogens is 218 g/mol. The van der Waals surface area contributed by atoms with Crippen molar-refractivity contribution in [3.05, 3.63) is 29.8 Å². The molecule has 1 fully saturated rings. The molecule has 0 spiro atoms. The zero-order valence-electron chi connectivity index (χ0n) is 9.52. The van der Waals surface area contributed by atoms with Crippen molar-refractivity contribution in [1.82, 2.24) is 0 Å². The smallest absolute Gasteiger partial charge is 0.229 e. The SMILES string of the molecule is O=Cc1ccc(NC(=O)C2CCCOC2)cc1. The second-order valence-electron chi connectivity index (χ2n) is 4.14. The van der Waals surface area contributed by atoms with Crippen molar-refractivity contribution in [2.24, 2.45) is 5.92 Å². The normalized spacial score (nSPS) is 19.6. The molecule has 0 aromatic heterocycles. The number of aldehydes is 1. The van der Waals surface area contributed by atoms with Gasteiger partial charge in [-0.05, 0) is 37.1 Å². The predicted octanol–water partition coefficient (Wildman–Crippen LogP) is 1.86. The summed E-state index contributed by atoms with van der Waals surface area (Å²) in [6, 6.07) is 6.82. The van der Waals surface area contributed by atoms with E-state index in [-0.39, 0.29) is 11.8 Å². The summed E-state index contributed by atoms with van der Waals surface area (Å²) in [6.07, 6.45) is 2.58. The van der Waals surface area contributed by atoms with Gasteiger partial charge in [-0.1, -0.05) is 0 Å². The number of rotatable bonds is 3. The molecule has 4 heteroatoms. The minimum atomic E-state index is -0.0607. The number of carbonyl (C=O) groups excluding carboxylic acids is 2. The lowest BCUT2D eigenvalue weighted by atomic mass is 10.0. The van der Waals surface area contributed by atoms with Crippen LogP contribution in [0.2, 0.25) is 0 Å². The number of hydrogen-bond acceptors (Lipinski definition) is 3. The second kappa shape index (κ2) is 5.59. The highest BCUT2D eigenvalue weighted by molar-refractivity contribution is 5.93. The van der Waals surface area contributed by atoms with Gasteiger partial charge in [0.25, 0.3) is 0 Å². The molecule has 0 radical (unpaired) electrons. The molecule has 1 aromatic carbocycles. The maximum absolute atomic E-state index is 11.9. The van der Waals surface area contributed by atoms with Crippen LogP contribution in [0.5, 0.6) is 0 Å². The van der Waals surface area contributed by atoms with Crippen molar-refractivity contribution < 1.29 is 14.3 Å². The number of benzene rings is 1. The van der Waals surface area contributed by atoms with Crippen LogP contribution in [0.1, 0.15) is 23.2 Å². The van der Waals surface area contributed by atoms with E-state index in [2.05, 4.69) is 5.32 Å². The zero-order chi connectivity index (χ0) is 12.1. The van der Waals surface area contributed by atoms with Gasteiger partial charge in [-0.15, -0.1) is 0 Å². The van der Waals surface area contributed by atoms with Crippen LogP contribution in [-0.4, -0.2) is 25.4 Å². The third-order valence-corrected chi connectivity index (χ3v) is 2.85. The first-order valence-corrected chi connectivity index (χ1v) is 5.73. The van der Waals surface area contributed by atoms with E-state index in [9.17, 15) is 9.59 Å². The topological polar surface area (TPSA) is 55.4 Å². The van der Waals surface area contributed by atoms with E-state index < -0.39 is 0 Å². The van der Waals surface area contributed by atoms with Gasteiger partial charge in [0.1, 0.15) is 6.29 Å². The van der Waals surface area contributed by atoms with Crippen molar-refractivity contribution in [2.45, 2.75) is 12.8 Å². The van der Waals surface area contributed by atoms with Crippen molar-refractivity contribution in [3.8, 4) is 0 Å². The van der Waals surface area contributed by atoms with Crippen LogP contribution in [0.4, 0.5) is 5.69 Å². The summed E-state index contributed by atoms with van der Waals surface area (Å²) in [7, 11) is 0. The van der Waals surface area contributed by atoms with Crippen molar-refractivity contribution in [1.29, 1.82) is 0 Å². The van der Waals surface area contributed by atoms with Crippen molar-refractivity contribution in [2.75, 3.05) is 18.5 Å². The Bertz CT molecular complexity index is 394. The lowest BCUT2D eigenvalue weighted by molar-refractivity contribution is -0.123. The number of amides is 1. The number of nitrogens with one attached hydrogen (secondary N) is 1. The first-order chi connectivity index (χ1) is 8.29. The number of ether oxygens (including phenoxy) is 1. The summed E-state index contributed by atoms with van der Waals surface area (Å²) >= 11 is 0. The van der Waals surface area contributed by atoms with Crippen LogP contribution >= 0.6 is 0 Å². The minimum Gasteiger partial charge on any atom is -0.381 e. The fourth-order valence-electron chi connectivity index (χ4n) is 1.84. The summed E-state index contributed by atoms with van der Waals surface area (Å²) in [6.45, 7) is 1.25. The molecule has 90 valence electrons. The molecule has 0 aliphatic carbocycles. The summed E-state index contributed by atoms with van der Waals surface area (Å²) in [5, 5.41) is 2.83. The molecule has 1 atom stereocenters. The quantitative estimate of drug-likeness (QED) is 0.811. The molecule has 4 nitrogen and oxygen atoms in total. The highest BCUT2D eigenvalue weighted by Crippen LogP contribution is 2.16. The molecule has 1 saturated heterocycles. The van der Waals surface area contributed by atoms with Gasteiger partial charge in [-0.3, -0.25) is 9.59 Å².